The van der Waals surface area contributed by atoms with Crippen molar-refractivity contribution >= 4 is 11.6 Å². The first-order valence-electron chi connectivity index (χ1n) is 3.73. The van der Waals surface area contributed by atoms with Crippen LogP contribution < -0.4 is 5.73 Å². The van der Waals surface area contributed by atoms with E-state index in [4.69, 9.17) is 22.6 Å². The molecule has 0 heterocycles. The van der Waals surface area contributed by atoms with Crippen molar-refractivity contribution in [2.75, 3.05) is 0 Å². The van der Waals surface area contributed by atoms with Crippen LogP contribution in [-0.2, 0) is 5.54 Å². The number of halogens is 3. The molecular formula is C9H7ClF2N2. The van der Waals surface area contributed by atoms with Crippen molar-refractivity contribution in [3.8, 4) is 6.07 Å². The second kappa shape index (κ2) is 3.52. The van der Waals surface area contributed by atoms with Gasteiger partial charge in [-0.25, -0.2) is 8.78 Å². The molecule has 14 heavy (non-hydrogen) atoms. The van der Waals surface area contributed by atoms with E-state index < -0.39 is 17.2 Å². The van der Waals surface area contributed by atoms with E-state index >= 15 is 0 Å². The van der Waals surface area contributed by atoms with Crippen molar-refractivity contribution in [1.29, 1.82) is 5.26 Å². The zero-order valence-electron chi connectivity index (χ0n) is 7.31. The molecule has 0 bridgehead atoms. The van der Waals surface area contributed by atoms with Crippen molar-refractivity contribution < 1.29 is 8.78 Å². The summed E-state index contributed by atoms with van der Waals surface area (Å²) in [7, 11) is 0. The Balaban J connectivity index is 3.38. The first-order valence-corrected chi connectivity index (χ1v) is 4.11. The Morgan fingerprint density at radius 1 is 1.43 bits per heavy atom. The highest BCUT2D eigenvalue weighted by Crippen LogP contribution is 2.25. The van der Waals surface area contributed by atoms with Crippen molar-refractivity contribution in [3.63, 3.8) is 0 Å². The first-order chi connectivity index (χ1) is 6.38. The van der Waals surface area contributed by atoms with Gasteiger partial charge in [0.2, 0.25) is 0 Å². The van der Waals surface area contributed by atoms with Gasteiger partial charge in [0.15, 0.2) is 0 Å². The Kier molecular flexibility index (Phi) is 2.74. The number of rotatable bonds is 1. The molecule has 2 nitrogen and oxygen atoms in total. The third kappa shape index (κ3) is 1.84. The zero-order valence-corrected chi connectivity index (χ0v) is 8.07. The molecule has 0 aliphatic rings. The van der Waals surface area contributed by atoms with Gasteiger partial charge < -0.3 is 5.73 Å². The van der Waals surface area contributed by atoms with E-state index in [-0.39, 0.29) is 10.6 Å². The third-order valence-corrected chi connectivity index (χ3v) is 2.09. The highest BCUT2D eigenvalue weighted by Gasteiger charge is 2.25. The van der Waals surface area contributed by atoms with E-state index in [2.05, 4.69) is 0 Å². The fourth-order valence-electron chi connectivity index (χ4n) is 0.981. The summed E-state index contributed by atoms with van der Waals surface area (Å²) in [5, 5.41) is 8.30. The van der Waals surface area contributed by atoms with Gasteiger partial charge in [-0.3, -0.25) is 0 Å². The second-order valence-electron chi connectivity index (χ2n) is 3.06. The molecule has 0 saturated carbocycles. The monoisotopic (exact) mass is 216 g/mol. The van der Waals surface area contributed by atoms with E-state index in [0.29, 0.717) is 0 Å². The number of nitrogens with two attached hydrogens (primary N) is 1. The predicted octanol–water partition coefficient (Wildman–Crippen LogP) is 2.32. The second-order valence-corrected chi connectivity index (χ2v) is 3.47. The average Bonchev–Trinajstić information content (AvgIpc) is 2.11. The van der Waals surface area contributed by atoms with Gasteiger partial charge >= 0.3 is 0 Å². The molecule has 74 valence electrons. The third-order valence-electron chi connectivity index (χ3n) is 1.80. The topological polar surface area (TPSA) is 49.8 Å². The molecule has 0 fully saturated rings. The maximum Gasteiger partial charge on any atom is 0.142 e. The summed E-state index contributed by atoms with van der Waals surface area (Å²) in [6.45, 7) is 1.29. The van der Waals surface area contributed by atoms with Gasteiger partial charge in [-0.2, -0.15) is 5.26 Å². The van der Waals surface area contributed by atoms with E-state index in [9.17, 15) is 8.78 Å². The van der Waals surface area contributed by atoms with E-state index in [0.717, 1.165) is 12.1 Å². The number of nitriles is 1. The first kappa shape index (κ1) is 10.9. The summed E-state index contributed by atoms with van der Waals surface area (Å²) in [5.41, 5.74) is 3.68. The molecule has 0 aliphatic carbocycles. The molecule has 1 rings (SSSR count). The summed E-state index contributed by atoms with van der Waals surface area (Å²) < 4.78 is 26.2. The molecule has 2 N–H and O–H groups in total. The van der Waals surface area contributed by atoms with Crippen LogP contribution in [0.4, 0.5) is 8.78 Å². The maximum absolute atomic E-state index is 13.2. The summed E-state index contributed by atoms with van der Waals surface area (Å²) in [6.07, 6.45) is 0. The molecule has 0 aliphatic heterocycles. The minimum absolute atomic E-state index is 0.207. The van der Waals surface area contributed by atoms with E-state index in [1.807, 2.05) is 0 Å². The quantitative estimate of drug-likeness (QED) is 0.733. The number of hydrogen-bond donors (Lipinski definition) is 1. The van der Waals surface area contributed by atoms with Crippen LogP contribution in [0.2, 0.25) is 5.02 Å². The van der Waals surface area contributed by atoms with Crippen LogP contribution in [0, 0.1) is 23.0 Å². The normalized spacial score (nSPS) is 14.6. The molecule has 0 spiro atoms. The standard InChI is InChI=1S/C9H7ClF2N2/c1-9(14,4-13)5-2-8(12)6(10)3-7(5)11/h2-3H,14H2,1H3/t9-/m1/s1. The van der Waals surface area contributed by atoms with Gasteiger partial charge in [-0.15, -0.1) is 0 Å². The summed E-state index contributed by atoms with van der Waals surface area (Å²) in [4.78, 5) is 0. The van der Waals surface area contributed by atoms with Crippen molar-refractivity contribution in [2.24, 2.45) is 5.73 Å². The van der Waals surface area contributed by atoms with E-state index in [1.165, 1.54) is 6.92 Å². The van der Waals surface area contributed by atoms with Crippen LogP contribution in [-0.4, -0.2) is 0 Å². The van der Waals surface area contributed by atoms with Crippen LogP contribution >= 0.6 is 11.6 Å². The van der Waals surface area contributed by atoms with Gasteiger partial charge in [0.25, 0.3) is 0 Å². The number of benzene rings is 1. The van der Waals surface area contributed by atoms with Crippen LogP contribution in [0.1, 0.15) is 12.5 Å². The highest BCUT2D eigenvalue weighted by atomic mass is 35.5. The molecule has 0 unspecified atom stereocenters. The lowest BCUT2D eigenvalue weighted by Crippen LogP contribution is -2.32. The van der Waals surface area contributed by atoms with Gasteiger partial charge in [-0.05, 0) is 19.1 Å². The van der Waals surface area contributed by atoms with Crippen LogP contribution in [0.3, 0.4) is 0 Å². The number of hydrogen-bond acceptors (Lipinski definition) is 2. The summed E-state index contributed by atoms with van der Waals surface area (Å²) >= 11 is 5.34. The predicted molar refractivity (Wildman–Crippen MR) is 48.5 cm³/mol. The largest absolute Gasteiger partial charge is 0.310 e. The van der Waals surface area contributed by atoms with Crippen molar-refractivity contribution in [1.82, 2.24) is 0 Å². The maximum atomic E-state index is 13.2. The lowest BCUT2D eigenvalue weighted by atomic mass is 9.94. The Labute approximate surface area is 84.9 Å². The molecule has 5 heteroatoms. The summed E-state index contributed by atoms with van der Waals surface area (Å²) in [5.74, 6) is -1.59. The fraction of sp³-hybridized carbons (Fsp3) is 0.222. The van der Waals surface area contributed by atoms with Gasteiger partial charge in [-0.1, -0.05) is 11.6 Å². The Morgan fingerprint density at radius 2 is 2.00 bits per heavy atom. The van der Waals surface area contributed by atoms with Crippen LogP contribution in [0.15, 0.2) is 12.1 Å². The lowest BCUT2D eigenvalue weighted by Gasteiger charge is -2.16. The van der Waals surface area contributed by atoms with Gasteiger partial charge in [0.1, 0.15) is 17.2 Å². The van der Waals surface area contributed by atoms with Gasteiger partial charge in [0, 0.05) is 5.56 Å². The molecular weight excluding hydrogens is 210 g/mol. The van der Waals surface area contributed by atoms with Crippen molar-refractivity contribution in [2.45, 2.75) is 12.5 Å². The highest BCUT2D eigenvalue weighted by molar-refractivity contribution is 6.30. The average molecular weight is 217 g/mol. The van der Waals surface area contributed by atoms with Crippen LogP contribution in [0.5, 0.6) is 0 Å². The van der Waals surface area contributed by atoms with Gasteiger partial charge in [0.05, 0.1) is 11.1 Å². The molecule has 1 atom stereocenters. The Morgan fingerprint density at radius 3 is 2.50 bits per heavy atom. The SMILES string of the molecule is C[C@@](N)(C#N)c1cc(F)c(Cl)cc1F. The molecule has 0 saturated heterocycles. The van der Waals surface area contributed by atoms with Crippen LogP contribution in [0.25, 0.3) is 0 Å². The zero-order chi connectivity index (χ0) is 10.9. The minimum atomic E-state index is -1.56. The lowest BCUT2D eigenvalue weighted by molar-refractivity contribution is 0.536. The molecule has 1 aromatic carbocycles. The molecule has 0 amide bonds. The Hall–Kier alpha value is -1.18. The molecule has 0 radical (unpaired) electrons. The minimum Gasteiger partial charge on any atom is -0.310 e. The number of nitrogens with zero attached hydrogens (tertiary/aromatic N) is 1. The molecule has 1 aromatic rings. The molecule has 0 aromatic heterocycles. The van der Waals surface area contributed by atoms with Crippen molar-refractivity contribution in [3.05, 3.63) is 34.4 Å². The fourth-order valence-corrected chi connectivity index (χ4v) is 1.13. The van der Waals surface area contributed by atoms with E-state index in [1.54, 1.807) is 6.07 Å². The Bertz CT molecular complexity index is 410. The summed E-state index contributed by atoms with van der Waals surface area (Å²) in [6, 6.07) is 3.31. The smallest absolute Gasteiger partial charge is 0.142 e.